The summed E-state index contributed by atoms with van der Waals surface area (Å²) in [7, 11) is 1.51. The quantitative estimate of drug-likeness (QED) is 0.280. The first kappa shape index (κ1) is 24.6. The predicted octanol–water partition coefficient (Wildman–Crippen LogP) is 0.824. The predicted molar refractivity (Wildman–Crippen MR) is 136 cm³/mol. The van der Waals surface area contributed by atoms with Gasteiger partial charge in [-0.1, -0.05) is 6.07 Å². The zero-order chi connectivity index (χ0) is 26.1. The van der Waals surface area contributed by atoms with Crippen LogP contribution in [-0.2, 0) is 11.2 Å². The van der Waals surface area contributed by atoms with Gasteiger partial charge in [-0.05, 0) is 25.0 Å². The molecule has 0 saturated carbocycles. The highest BCUT2D eigenvalue weighted by Gasteiger charge is 2.38. The second-order valence-electron chi connectivity index (χ2n) is 9.06. The van der Waals surface area contributed by atoms with Crippen LogP contribution in [0.1, 0.15) is 49.7 Å². The Morgan fingerprint density at radius 1 is 1.24 bits per heavy atom. The molecule has 4 aromatic heterocycles. The van der Waals surface area contributed by atoms with Crippen molar-refractivity contribution >= 4 is 34.7 Å². The van der Waals surface area contributed by atoms with Crippen molar-refractivity contribution in [3.05, 3.63) is 70.1 Å². The zero-order valence-corrected chi connectivity index (χ0v) is 21.2. The van der Waals surface area contributed by atoms with E-state index in [4.69, 9.17) is 5.73 Å². The summed E-state index contributed by atoms with van der Waals surface area (Å²) in [5.41, 5.74) is 9.19. The number of aromatic nitrogens is 5. The molecule has 37 heavy (non-hydrogen) atoms. The van der Waals surface area contributed by atoms with Gasteiger partial charge in [0, 0.05) is 55.7 Å². The van der Waals surface area contributed by atoms with Gasteiger partial charge in [-0.15, -0.1) is 11.3 Å². The van der Waals surface area contributed by atoms with Crippen LogP contribution in [0.4, 0.5) is 0 Å². The molecule has 192 valence electrons. The Kier molecular flexibility index (Phi) is 6.72. The van der Waals surface area contributed by atoms with Gasteiger partial charge in [-0.25, -0.2) is 15.0 Å². The van der Waals surface area contributed by atoms with Crippen molar-refractivity contribution < 1.29 is 14.4 Å². The molecule has 0 bridgehead atoms. The number of aryl methyl sites for hydroxylation is 1. The SMILES string of the molecule is CNC(=O)[C@H](Cc1cnc[nH]1)NC(=O)c1csc([C@@H]2C[C@@H](N)CN2C(=O)c2cn3cc(C)ccc3n2)n1. The summed E-state index contributed by atoms with van der Waals surface area (Å²) in [4.78, 5) is 56.3. The van der Waals surface area contributed by atoms with Crippen LogP contribution in [0.5, 0.6) is 0 Å². The van der Waals surface area contributed by atoms with Crippen molar-refractivity contribution in [2.75, 3.05) is 13.6 Å². The molecular weight excluding hydrogens is 494 g/mol. The molecule has 3 atom stereocenters. The third-order valence-electron chi connectivity index (χ3n) is 6.30. The molecular formula is C24H27N9O3S. The molecule has 4 aromatic rings. The van der Waals surface area contributed by atoms with Gasteiger partial charge in [0.2, 0.25) is 5.91 Å². The number of pyridine rings is 1. The number of hydrogen-bond acceptors (Lipinski definition) is 8. The van der Waals surface area contributed by atoms with E-state index in [1.54, 1.807) is 22.7 Å². The third kappa shape index (κ3) is 5.08. The molecule has 5 heterocycles. The van der Waals surface area contributed by atoms with Crippen molar-refractivity contribution in [2.45, 2.75) is 37.9 Å². The average Bonchev–Trinajstić information content (AvgIpc) is 3.68. The lowest BCUT2D eigenvalue weighted by Gasteiger charge is -2.22. The molecule has 1 saturated heterocycles. The van der Waals surface area contributed by atoms with E-state index in [2.05, 4.69) is 30.6 Å². The van der Waals surface area contributed by atoms with E-state index in [9.17, 15) is 14.4 Å². The van der Waals surface area contributed by atoms with E-state index in [0.717, 1.165) is 5.56 Å². The van der Waals surface area contributed by atoms with E-state index in [0.29, 0.717) is 35.0 Å². The topological polar surface area (TPSA) is 163 Å². The molecule has 12 nitrogen and oxygen atoms in total. The number of amides is 3. The normalized spacial score (nSPS) is 18.2. The summed E-state index contributed by atoms with van der Waals surface area (Å²) >= 11 is 1.28. The molecule has 0 radical (unpaired) electrons. The maximum Gasteiger partial charge on any atom is 0.274 e. The van der Waals surface area contributed by atoms with Crippen molar-refractivity contribution in [3.63, 3.8) is 0 Å². The molecule has 3 amide bonds. The van der Waals surface area contributed by atoms with Crippen LogP contribution in [-0.4, -0.2) is 72.6 Å². The molecule has 0 spiro atoms. The van der Waals surface area contributed by atoms with Crippen molar-refractivity contribution in [2.24, 2.45) is 5.73 Å². The first-order valence-electron chi connectivity index (χ1n) is 11.8. The molecule has 0 unspecified atom stereocenters. The lowest BCUT2D eigenvalue weighted by molar-refractivity contribution is -0.122. The Labute approximate surface area is 216 Å². The van der Waals surface area contributed by atoms with Gasteiger partial charge in [0.25, 0.3) is 11.8 Å². The van der Waals surface area contributed by atoms with Gasteiger partial charge in [-0.3, -0.25) is 14.4 Å². The zero-order valence-electron chi connectivity index (χ0n) is 20.3. The van der Waals surface area contributed by atoms with Gasteiger partial charge < -0.3 is 30.7 Å². The maximum absolute atomic E-state index is 13.4. The number of carbonyl (C=O) groups is 3. The monoisotopic (exact) mass is 521 g/mol. The molecule has 1 fully saturated rings. The summed E-state index contributed by atoms with van der Waals surface area (Å²) < 4.78 is 1.82. The minimum absolute atomic E-state index is 0.176. The molecule has 1 aliphatic rings. The van der Waals surface area contributed by atoms with E-state index >= 15 is 0 Å². The molecule has 0 aliphatic carbocycles. The number of likely N-dealkylation sites (tertiary alicyclic amines) is 1. The van der Waals surface area contributed by atoms with Crippen LogP contribution >= 0.6 is 11.3 Å². The van der Waals surface area contributed by atoms with E-state index in [1.165, 1.54) is 24.7 Å². The first-order chi connectivity index (χ1) is 17.8. The number of nitrogens with zero attached hydrogens (tertiary/aromatic N) is 5. The lowest BCUT2D eigenvalue weighted by Crippen LogP contribution is -2.47. The highest BCUT2D eigenvalue weighted by atomic mass is 32.1. The summed E-state index contributed by atoms with van der Waals surface area (Å²) in [6, 6.07) is 2.40. The third-order valence-corrected chi connectivity index (χ3v) is 7.25. The molecule has 5 rings (SSSR count). The number of likely N-dealkylation sites (N-methyl/N-ethyl adjacent to an activating group) is 1. The fourth-order valence-corrected chi connectivity index (χ4v) is 5.38. The van der Waals surface area contributed by atoms with Crippen molar-refractivity contribution in [1.82, 2.24) is 39.9 Å². The molecule has 0 aromatic carbocycles. The van der Waals surface area contributed by atoms with Gasteiger partial charge in [0.05, 0.1) is 12.4 Å². The molecule has 1 aliphatic heterocycles. The largest absolute Gasteiger partial charge is 0.357 e. The van der Waals surface area contributed by atoms with Crippen LogP contribution in [0.25, 0.3) is 5.65 Å². The Morgan fingerprint density at radius 2 is 2.08 bits per heavy atom. The fourth-order valence-electron chi connectivity index (χ4n) is 4.46. The minimum atomic E-state index is -0.806. The Morgan fingerprint density at radius 3 is 2.84 bits per heavy atom. The summed E-state index contributed by atoms with van der Waals surface area (Å²) in [5.74, 6) is -1.05. The summed E-state index contributed by atoms with van der Waals surface area (Å²) in [6.07, 6.45) is 7.51. The standard InChI is InChI=1S/C24H27N9O3S/c1-13-3-4-20-29-17(10-32(20)8-13)24(36)33-9-14(25)5-19(33)23-31-18(11-37-23)22(35)30-16(21(34)26-2)6-15-7-27-12-28-15/h3-4,7-8,10-12,14,16,19H,5-6,9,25H2,1-2H3,(H,26,34)(H,27,28)(H,30,35)/t14-,16+,19+/m1/s1. The lowest BCUT2D eigenvalue weighted by atomic mass is 10.1. The Bertz CT molecular complexity index is 1440. The number of hydrogen-bond donors (Lipinski definition) is 4. The van der Waals surface area contributed by atoms with E-state index in [1.807, 2.05) is 29.7 Å². The average molecular weight is 522 g/mol. The second-order valence-corrected chi connectivity index (χ2v) is 9.95. The number of carbonyl (C=O) groups excluding carboxylic acids is 3. The summed E-state index contributed by atoms with van der Waals surface area (Å²) in [6.45, 7) is 2.33. The first-order valence-corrected chi connectivity index (χ1v) is 12.7. The Hall–Kier alpha value is -4.10. The molecule has 5 N–H and O–H groups in total. The molecule has 13 heteroatoms. The summed E-state index contributed by atoms with van der Waals surface area (Å²) in [5, 5.41) is 7.54. The van der Waals surface area contributed by atoms with Crippen LogP contribution in [0.2, 0.25) is 0 Å². The van der Waals surface area contributed by atoms with Crippen LogP contribution in [0.15, 0.2) is 42.4 Å². The number of H-pyrrole nitrogens is 1. The maximum atomic E-state index is 13.4. The number of thiazole rings is 1. The number of nitrogens with two attached hydrogens (primary N) is 1. The Balaban J connectivity index is 1.33. The number of aromatic amines is 1. The second kappa shape index (κ2) is 10.1. The van der Waals surface area contributed by atoms with Crippen LogP contribution in [0, 0.1) is 6.92 Å². The number of nitrogens with one attached hydrogen (secondary N) is 3. The number of imidazole rings is 2. The smallest absolute Gasteiger partial charge is 0.274 e. The minimum Gasteiger partial charge on any atom is -0.357 e. The van der Waals surface area contributed by atoms with Crippen LogP contribution < -0.4 is 16.4 Å². The van der Waals surface area contributed by atoms with Crippen LogP contribution in [0.3, 0.4) is 0 Å². The van der Waals surface area contributed by atoms with Gasteiger partial charge in [-0.2, -0.15) is 0 Å². The fraction of sp³-hybridized carbons (Fsp3) is 0.333. The van der Waals surface area contributed by atoms with E-state index in [-0.39, 0.29) is 36.0 Å². The number of fused-ring (bicyclic) bond motifs is 1. The van der Waals surface area contributed by atoms with Crippen molar-refractivity contribution in [3.8, 4) is 0 Å². The van der Waals surface area contributed by atoms with E-state index < -0.39 is 11.9 Å². The van der Waals surface area contributed by atoms with Gasteiger partial charge in [0.1, 0.15) is 28.1 Å². The van der Waals surface area contributed by atoms with Gasteiger partial charge >= 0.3 is 0 Å². The highest BCUT2D eigenvalue weighted by molar-refractivity contribution is 7.09. The van der Waals surface area contributed by atoms with Gasteiger partial charge in [0.15, 0.2) is 0 Å². The number of rotatable bonds is 7. The highest BCUT2D eigenvalue weighted by Crippen LogP contribution is 2.34. The van der Waals surface area contributed by atoms with Crippen molar-refractivity contribution in [1.29, 1.82) is 0 Å².